The summed E-state index contributed by atoms with van der Waals surface area (Å²) in [7, 11) is 0. The fourth-order valence-electron chi connectivity index (χ4n) is 2.56. The zero-order valence-corrected chi connectivity index (χ0v) is 13.6. The van der Waals surface area contributed by atoms with Crippen LogP contribution < -0.4 is 0 Å². The van der Waals surface area contributed by atoms with E-state index < -0.39 is 30.3 Å². The summed E-state index contributed by atoms with van der Waals surface area (Å²) in [5.41, 5.74) is 0.819. The number of imide groups is 1. The van der Waals surface area contributed by atoms with E-state index in [2.05, 4.69) is 0 Å². The molecule has 0 radical (unpaired) electrons. The van der Waals surface area contributed by atoms with Crippen LogP contribution in [0, 0.1) is 5.82 Å². The third-order valence-corrected chi connectivity index (χ3v) is 3.96. The van der Waals surface area contributed by atoms with E-state index in [0.29, 0.717) is 5.56 Å². The van der Waals surface area contributed by atoms with Crippen molar-refractivity contribution < 1.29 is 28.3 Å². The molecule has 0 atom stereocenters. The number of ketones is 1. The smallest absolute Gasteiger partial charge is 0.307 e. The van der Waals surface area contributed by atoms with E-state index in [-0.39, 0.29) is 29.8 Å². The number of nitrogens with zero attached hydrogens (tertiary/aromatic N) is 1. The molecule has 0 saturated heterocycles. The lowest BCUT2D eigenvalue weighted by Crippen LogP contribution is -2.33. The zero-order chi connectivity index (χ0) is 18.7. The average Bonchev–Trinajstić information content (AvgIpc) is 2.89. The number of hydrogen-bond donors (Lipinski definition) is 0. The fourth-order valence-corrected chi connectivity index (χ4v) is 2.56. The van der Waals surface area contributed by atoms with E-state index in [4.69, 9.17) is 4.74 Å². The molecule has 0 unspecified atom stereocenters. The molecule has 1 aliphatic rings. The van der Waals surface area contributed by atoms with Crippen molar-refractivity contribution in [3.8, 4) is 0 Å². The second-order valence-electron chi connectivity index (χ2n) is 5.66. The van der Waals surface area contributed by atoms with Gasteiger partial charge in [0.25, 0.3) is 11.8 Å². The number of halogens is 1. The summed E-state index contributed by atoms with van der Waals surface area (Å²) in [6, 6.07) is 11.3. The number of ether oxygens (including phenoxy) is 1. The van der Waals surface area contributed by atoms with Crippen molar-refractivity contribution in [1.29, 1.82) is 0 Å². The van der Waals surface area contributed by atoms with E-state index in [1.54, 1.807) is 12.1 Å². The highest BCUT2D eigenvalue weighted by molar-refractivity contribution is 6.21. The summed E-state index contributed by atoms with van der Waals surface area (Å²) in [6.07, 6.45) is -0.327. The standard InChI is InChI=1S/C19H14FNO5/c20-13-7-5-12(6-8-13)16(22)9-10-17(23)26-11-21-18(24)14-3-1-2-4-15(14)19(21)25/h1-8H,9-11H2. The van der Waals surface area contributed by atoms with Gasteiger partial charge < -0.3 is 4.74 Å². The van der Waals surface area contributed by atoms with Gasteiger partial charge in [-0.15, -0.1) is 0 Å². The molecule has 1 heterocycles. The minimum absolute atomic E-state index is 0.118. The Hall–Kier alpha value is -3.35. The van der Waals surface area contributed by atoms with E-state index in [9.17, 15) is 23.6 Å². The molecule has 7 heteroatoms. The molecule has 6 nitrogen and oxygen atoms in total. The first-order valence-electron chi connectivity index (χ1n) is 7.87. The fraction of sp³-hybridized carbons (Fsp3) is 0.158. The largest absolute Gasteiger partial charge is 0.444 e. The van der Waals surface area contributed by atoms with Crippen LogP contribution in [0.15, 0.2) is 48.5 Å². The molecule has 0 saturated carbocycles. The van der Waals surface area contributed by atoms with Gasteiger partial charge in [-0.05, 0) is 36.4 Å². The first-order valence-corrected chi connectivity index (χ1v) is 7.87. The Morgan fingerprint density at radius 2 is 1.46 bits per heavy atom. The van der Waals surface area contributed by atoms with Crippen molar-refractivity contribution in [3.63, 3.8) is 0 Å². The molecule has 0 bridgehead atoms. The van der Waals surface area contributed by atoms with Gasteiger partial charge in [-0.3, -0.25) is 19.2 Å². The number of hydrogen-bond acceptors (Lipinski definition) is 5. The lowest BCUT2D eigenvalue weighted by atomic mass is 10.1. The van der Waals surface area contributed by atoms with Gasteiger partial charge in [-0.2, -0.15) is 0 Å². The van der Waals surface area contributed by atoms with Crippen LogP contribution in [0.25, 0.3) is 0 Å². The number of esters is 1. The van der Waals surface area contributed by atoms with Crippen LogP contribution in [0.1, 0.15) is 43.9 Å². The predicted octanol–water partition coefficient (Wildman–Crippen LogP) is 2.59. The van der Waals surface area contributed by atoms with Gasteiger partial charge in [0, 0.05) is 12.0 Å². The Kier molecular flexibility index (Phi) is 4.88. The number of carbonyl (C=O) groups is 4. The lowest BCUT2D eigenvalue weighted by Gasteiger charge is -2.13. The summed E-state index contributed by atoms with van der Waals surface area (Å²) < 4.78 is 17.8. The van der Waals surface area contributed by atoms with Gasteiger partial charge in [0.05, 0.1) is 17.5 Å². The quantitative estimate of drug-likeness (QED) is 0.452. The van der Waals surface area contributed by atoms with Crippen molar-refractivity contribution in [2.75, 3.05) is 6.73 Å². The molecule has 0 fully saturated rings. The topological polar surface area (TPSA) is 80.8 Å². The van der Waals surface area contributed by atoms with Gasteiger partial charge in [0.1, 0.15) is 5.82 Å². The number of amides is 2. The number of benzene rings is 2. The Balaban J connectivity index is 1.50. The second kappa shape index (κ2) is 7.26. The van der Waals surface area contributed by atoms with Gasteiger partial charge in [-0.25, -0.2) is 9.29 Å². The van der Waals surface area contributed by atoms with Crippen molar-refractivity contribution in [2.45, 2.75) is 12.8 Å². The molecule has 2 aromatic rings. The first-order chi connectivity index (χ1) is 12.5. The highest BCUT2D eigenvalue weighted by Gasteiger charge is 2.35. The lowest BCUT2D eigenvalue weighted by molar-refractivity contribution is -0.146. The number of fused-ring (bicyclic) bond motifs is 1. The van der Waals surface area contributed by atoms with Crippen LogP contribution >= 0.6 is 0 Å². The molecule has 0 aromatic heterocycles. The molecule has 0 spiro atoms. The minimum Gasteiger partial charge on any atom is -0.444 e. The predicted molar refractivity (Wildman–Crippen MR) is 87.9 cm³/mol. The molecule has 3 rings (SSSR count). The van der Waals surface area contributed by atoms with Crippen LogP contribution in [-0.4, -0.2) is 35.2 Å². The van der Waals surface area contributed by atoms with Crippen molar-refractivity contribution in [3.05, 3.63) is 71.0 Å². The van der Waals surface area contributed by atoms with Gasteiger partial charge in [0.2, 0.25) is 0 Å². The monoisotopic (exact) mass is 355 g/mol. The SMILES string of the molecule is O=C(CCC(=O)c1ccc(F)cc1)OCN1C(=O)c2ccccc2C1=O. The highest BCUT2D eigenvalue weighted by Crippen LogP contribution is 2.22. The Morgan fingerprint density at radius 3 is 2.04 bits per heavy atom. The molecule has 26 heavy (non-hydrogen) atoms. The first kappa shape index (κ1) is 17.5. The molecular weight excluding hydrogens is 341 g/mol. The van der Waals surface area contributed by atoms with Crippen molar-refractivity contribution in [1.82, 2.24) is 4.90 Å². The Labute approximate surface area is 148 Å². The molecule has 0 aliphatic carbocycles. The summed E-state index contributed by atoms with van der Waals surface area (Å²) in [5, 5.41) is 0. The molecule has 2 amide bonds. The van der Waals surface area contributed by atoms with Crippen LogP contribution in [0.3, 0.4) is 0 Å². The Morgan fingerprint density at radius 1 is 0.885 bits per heavy atom. The van der Waals surface area contributed by atoms with E-state index >= 15 is 0 Å². The van der Waals surface area contributed by atoms with Crippen molar-refractivity contribution >= 4 is 23.6 Å². The van der Waals surface area contributed by atoms with Gasteiger partial charge >= 0.3 is 5.97 Å². The van der Waals surface area contributed by atoms with Crippen LogP contribution in [0.2, 0.25) is 0 Å². The average molecular weight is 355 g/mol. The maximum absolute atomic E-state index is 12.8. The maximum Gasteiger partial charge on any atom is 0.307 e. The van der Waals surface area contributed by atoms with E-state index in [1.807, 2.05) is 0 Å². The maximum atomic E-state index is 12.8. The molecule has 2 aromatic carbocycles. The minimum atomic E-state index is -0.711. The van der Waals surface area contributed by atoms with E-state index in [0.717, 1.165) is 17.0 Å². The third-order valence-electron chi connectivity index (χ3n) is 3.96. The zero-order valence-electron chi connectivity index (χ0n) is 13.6. The van der Waals surface area contributed by atoms with Crippen LogP contribution in [0.5, 0.6) is 0 Å². The third kappa shape index (κ3) is 3.51. The summed E-state index contributed by atoms with van der Waals surface area (Å²) in [6.45, 7) is -0.504. The Bertz CT molecular complexity index is 856. The van der Waals surface area contributed by atoms with Crippen molar-refractivity contribution in [2.24, 2.45) is 0 Å². The molecule has 132 valence electrons. The van der Waals surface area contributed by atoms with E-state index in [1.165, 1.54) is 24.3 Å². The number of rotatable bonds is 6. The molecular formula is C19H14FNO5. The molecule has 0 N–H and O–H groups in total. The highest BCUT2D eigenvalue weighted by atomic mass is 19.1. The van der Waals surface area contributed by atoms with Gasteiger partial charge in [-0.1, -0.05) is 12.1 Å². The number of Topliss-reactive ketones (excluding diaryl/α,β-unsaturated/α-hetero) is 1. The second-order valence-corrected chi connectivity index (χ2v) is 5.66. The molecule has 1 aliphatic heterocycles. The summed E-state index contributed by atoms with van der Waals surface area (Å²) >= 11 is 0. The van der Waals surface area contributed by atoms with Gasteiger partial charge in [0.15, 0.2) is 12.5 Å². The van der Waals surface area contributed by atoms with Crippen LogP contribution in [-0.2, 0) is 9.53 Å². The normalized spacial score (nSPS) is 12.9. The van der Waals surface area contributed by atoms with Crippen LogP contribution in [0.4, 0.5) is 4.39 Å². The summed E-state index contributed by atoms with van der Waals surface area (Å²) in [4.78, 5) is 48.8. The number of carbonyl (C=O) groups excluding carboxylic acids is 4. The summed E-state index contributed by atoms with van der Waals surface area (Å²) in [5.74, 6) is -2.55.